The summed E-state index contributed by atoms with van der Waals surface area (Å²) < 4.78 is 3.02. The Hall–Kier alpha value is -2.21. The first kappa shape index (κ1) is 26.4. The van der Waals surface area contributed by atoms with Crippen molar-refractivity contribution in [3.8, 4) is 0 Å². The van der Waals surface area contributed by atoms with Crippen molar-refractivity contribution >= 4 is 23.3 Å². The van der Waals surface area contributed by atoms with E-state index in [9.17, 15) is 9.59 Å². The molecule has 0 unspecified atom stereocenters. The van der Waals surface area contributed by atoms with Crippen molar-refractivity contribution in [1.82, 2.24) is 9.27 Å². The van der Waals surface area contributed by atoms with Gasteiger partial charge in [0.2, 0.25) is 5.91 Å². The maximum Gasteiger partial charge on any atom is 0.253 e. The SMILES string of the molecule is CCCCc1cn(C(C)(C)C)s/c1=N\C(=O)[C@]1(C)CC[C@H](C(=O)NCc2ccccc2)C1(C)C. The molecule has 1 saturated carbocycles. The molecule has 2 atom stereocenters. The highest BCUT2D eigenvalue weighted by molar-refractivity contribution is 7.04. The van der Waals surface area contributed by atoms with Gasteiger partial charge in [-0.1, -0.05) is 64.4 Å². The van der Waals surface area contributed by atoms with Crippen LogP contribution in [0.2, 0.25) is 0 Å². The largest absolute Gasteiger partial charge is 0.352 e. The van der Waals surface area contributed by atoms with Gasteiger partial charge in [-0.15, -0.1) is 0 Å². The van der Waals surface area contributed by atoms with E-state index in [4.69, 9.17) is 4.99 Å². The first-order valence-electron chi connectivity index (χ1n) is 12.5. The van der Waals surface area contributed by atoms with E-state index in [1.807, 2.05) is 37.3 Å². The van der Waals surface area contributed by atoms with Gasteiger partial charge < -0.3 is 5.32 Å². The van der Waals surface area contributed by atoms with Crippen LogP contribution in [0.5, 0.6) is 0 Å². The Bertz CT molecular complexity index is 1080. The van der Waals surface area contributed by atoms with Gasteiger partial charge in [0.15, 0.2) is 0 Å². The van der Waals surface area contributed by atoms with Crippen LogP contribution in [0.4, 0.5) is 0 Å². The number of nitrogens with one attached hydrogen (secondary N) is 1. The lowest BCUT2D eigenvalue weighted by Crippen LogP contribution is -2.45. The average molecular weight is 484 g/mol. The van der Waals surface area contributed by atoms with E-state index in [1.54, 1.807) is 11.5 Å². The predicted octanol–water partition coefficient (Wildman–Crippen LogP) is 5.83. The molecule has 1 aromatic carbocycles. The molecule has 5 nitrogen and oxygen atoms in total. The Morgan fingerprint density at radius 1 is 1.18 bits per heavy atom. The molecule has 6 heteroatoms. The van der Waals surface area contributed by atoms with E-state index in [0.29, 0.717) is 19.4 Å². The molecule has 1 fully saturated rings. The average Bonchev–Trinajstić information content (AvgIpc) is 3.29. The van der Waals surface area contributed by atoms with Gasteiger partial charge in [-0.3, -0.25) is 13.5 Å². The van der Waals surface area contributed by atoms with Gasteiger partial charge in [0.25, 0.3) is 5.91 Å². The second kappa shape index (κ2) is 10.2. The van der Waals surface area contributed by atoms with E-state index < -0.39 is 10.8 Å². The second-order valence-electron chi connectivity index (χ2n) is 11.4. The van der Waals surface area contributed by atoms with Crippen molar-refractivity contribution in [3.05, 3.63) is 52.3 Å². The Morgan fingerprint density at radius 3 is 2.47 bits per heavy atom. The summed E-state index contributed by atoms with van der Waals surface area (Å²) in [4.78, 5) is 31.5. The van der Waals surface area contributed by atoms with Crippen molar-refractivity contribution in [3.63, 3.8) is 0 Å². The number of nitrogens with zero attached hydrogens (tertiary/aromatic N) is 2. The third kappa shape index (κ3) is 5.37. The standard InChI is InChI=1S/C28H41N3O2S/c1-8-9-15-21-19-31(26(2,3)4)34-24(21)30-25(33)28(7)17-16-22(27(28,5)6)23(32)29-18-20-13-11-10-12-14-20/h10-14,19,22H,8-9,15-18H2,1-7H3,(H,29,32)/b30-24-/t22-,28+/m1/s1. The van der Waals surface area contributed by atoms with Crippen LogP contribution in [0.15, 0.2) is 41.5 Å². The van der Waals surface area contributed by atoms with Crippen molar-refractivity contribution in [2.75, 3.05) is 0 Å². The van der Waals surface area contributed by atoms with Crippen LogP contribution < -0.4 is 9.99 Å². The van der Waals surface area contributed by atoms with Crippen molar-refractivity contribution in [2.24, 2.45) is 21.7 Å². The van der Waals surface area contributed by atoms with E-state index in [1.165, 1.54) is 0 Å². The molecular formula is C28H41N3O2S. The van der Waals surface area contributed by atoms with Gasteiger partial charge in [0.1, 0.15) is 4.67 Å². The second-order valence-corrected chi connectivity index (χ2v) is 12.4. The lowest BCUT2D eigenvalue weighted by molar-refractivity contribution is -0.136. The van der Waals surface area contributed by atoms with Gasteiger partial charge >= 0.3 is 0 Å². The Labute approximate surface area is 208 Å². The topological polar surface area (TPSA) is 63.5 Å². The summed E-state index contributed by atoms with van der Waals surface area (Å²) in [6, 6.07) is 9.93. The minimum atomic E-state index is -0.680. The molecule has 1 heterocycles. The minimum absolute atomic E-state index is 0.0238. The van der Waals surface area contributed by atoms with Crippen LogP contribution in [-0.4, -0.2) is 15.8 Å². The Balaban J connectivity index is 1.84. The molecule has 0 saturated heterocycles. The Kier molecular flexibility index (Phi) is 7.91. The fourth-order valence-corrected chi connectivity index (χ4v) is 5.84. The molecule has 1 aromatic heterocycles. The minimum Gasteiger partial charge on any atom is -0.352 e. The van der Waals surface area contributed by atoms with Gasteiger partial charge in [-0.25, -0.2) is 4.99 Å². The summed E-state index contributed by atoms with van der Waals surface area (Å²) in [5, 5.41) is 3.09. The lowest BCUT2D eigenvalue weighted by Gasteiger charge is -2.38. The van der Waals surface area contributed by atoms with E-state index in [0.717, 1.165) is 35.1 Å². The zero-order valence-corrected chi connectivity index (χ0v) is 22.7. The molecule has 0 bridgehead atoms. The summed E-state index contributed by atoms with van der Waals surface area (Å²) in [7, 11) is 0. The van der Waals surface area contributed by atoms with Crippen molar-refractivity contribution in [2.45, 2.75) is 92.7 Å². The summed E-state index contributed by atoms with van der Waals surface area (Å²) in [5.74, 6) is -0.296. The number of hydrogen-bond donors (Lipinski definition) is 1. The summed E-state index contributed by atoms with van der Waals surface area (Å²) >= 11 is 1.57. The summed E-state index contributed by atoms with van der Waals surface area (Å²) in [6.07, 6.45) is 6.62. The number of benzene rings is 1. The quantitative estimate of drug-likeness (QED) is 0.538. The molecular weight excluding hydrogens is 442 g/mol. The van der Waals surface area contributed by atoms with Crippen LogP contribution in [0, 0.1) is 16.7 Å². The number of unbranched alkanes of at least 4 members (excludes halogenated alkanes) is 1. The molecule has 3 rings (SSSR count). The van der Waals surface area contributed by atoms with E-state index in [-0.39, 0.29) is 23.3 Å². The first-order valence-corrected chi connectivity index (χ1v) is 13.3. The molecule has 1 aliphatic rings. The number of rotatable bonds is 7. The predicted molar refractivity (Wildman–Crippen MR) is 139 cm³/mol. The molecule has 186 valence electrons. The van der Waals surface area contributed by atoms with Gasteiger partial charge in [0, 0.05) is 29.8 Å². The van der Waals surface area contributed by atoms with Gasteiger partial charge in [0.05, 0.1) is 5.41 Å². The maximum atomic E-state index is 13.7. The van der Waals surface area contributed by atoms with Gasteiger partial charge in [-0.05, 0) is 69.0 Å². The van der Waals surface area contributed by atoms with Gasteiger partial charge in [-0.2, -0.15) is 0 Å². The first-order chi connectivity index (χ1) is 15.9. The van der Waals surface area contributed by atoms with E-state index >= 15 is 0 Å². The third-order valence-corrected chi connectivity index (χ3v) is 9.10. The van der Waals surface area contributed by atoms with E-state index in [2.05, 4.69) is 57.0 Å². The van der Waals surface area contributed by atoms with Crippen LogP contribution in [0.25, 0.3) is 0 Å². The normalized spacial score (nSPS) is 22.7. The molecule has 0 aliphatic heterocycles. The molecule has 2 aromatic rings. The number of aryl methyl sites for hydroxylation is 1. The number of carbonyl (C=O) groups is 2. The highest BCUT2D eigenvalue weighted by atomic mass is 32.1. The number of carbonyl (C=O) groups excluding carboxylic acids is 2. The van der Waals surface area contributed by atoms with Crippen LogP contribution in [0.3, 0.4) is 0 Å². The summed E-state index contributed by atoms with van der Waals surface area (Å²) in [5.41, 5.74) is 0.993. The molecule has 0 spiro atoms. The van der Waals surface area contributed by atoms with Crippen molar-refractivity contribution in [1.29, 1.82) is 0 Å². The fourth-order valence-electron chi connectivity index (χ4n) is 4.80. The number of aromatic nitrogens is 1. The zero-order chi connectivity index (χ0) is 25.1. The lowest BCUT2D eigenvalue weighted by atomic mass is 9.65. The highest BCUT2D eigenvalue weighted by Gasteiger charge is 2.58. The smallest absolute Gasteiger partial charge is 0.253 e. The van der Waals surface area contributed by atoms with Crippen LogP contribution in [0.1, 0.15) is 85.3 Å². The molecule has 2 amide bonds. The fraction of sp³-hybridized carbons (Fsp3) is 0.607. The molecule has 34 heavy (non-hydrogen) atoms. The van der Waals surface area contributed by atoms with Crippen LogP contribution in [-0.2, 0) is 28.1 Å². The molecule has 1 N–H and O–H groups in total. The highest BCUT2D eigenvalue weighted by Crippen LogP contribution is 2.56. The van der Waals surface area contributed by atoms with Crippen molar-refractivity contribution < 1.29 is 9.59 Å². The molecule has 0 radical (unpaired) electrons. The summed E-state index contributed by atoms with van der Waals surface area (Å²) in [6.45, 7) is 15.3. The van der Waals surface area contributed by atoms with Crippen LogP contribution >= 0.6 is 11.5 Å². The maximum absolute atomic E-state index is 13.7. The zero-order valence-electron chi connectivity index (χ0n) is 21.9. The third-order valence-electron chi connectivity index (χ3n) is 7.72. The number of amides is 2. The molecule has 1 aliphatic carbocycles. The monoisotopic (exact) mass is 483 g/mol. The Morgan fingerprint density at radius 2 is 1.85 bits per heavy atom. The number of hydrogen-bond acceptors (Lipinski definition) is 3.